The summed E-state index contributed by atoms with van der Waals surface area (Å²) in [6, 6.07) is 15.8. The standard InChI is InChI=1S/C24H24FN5O2/c1-32-19-8-6-18(7-9-19)26-24(31)29-12-3-11-28(14-15-29)23-22-4-2-13-30(22)21-10-5-17(25)16-20(21)27-23/h2,4-10,13,16H,3,11-12,14-15H2,1H3,(H,26,31). The number of hydrogen-bond acceptors (Lipinski definition) is 4. The van der Waals surface area contributed by atoms with Gasteiger partial charge in [0.15, 0.2) is 5.82 Å². The highest BCUT2D eigenvalue weighted by Crippen LogP contribution is 2.27. The van der Waals surface area contributed by atoms with Crippen molar-refractivity contribution < 1.29 is 13.9 Å². The van der Waals surface area contributed by atoms with E-state index in [9.17, 15) is 9.18 Å². The molecule has 1 aliphatic heterocycles. The van der Waals surface area contributed by atoms with E-state index >= 15 is 0 Å². The van der Waals surface area contributed by atoms with Gasteiger partial charge in [0.1, 0.15) is 11.6 Å². The zero-order valence-corrected chi connectivity index (χ0v) is 17.8. The smallest absolute Gasteiger partial charge is 0.321 e. The van der Waals surface area contributed by atoms with Crippen LogP contribution >= 0.6 is 0 Å². The minimum atomic E-state index is -0.306. The summed E-state index contributed by atoms with van der Waals surface area (Å²) in [7, 11) is 1.61. The Hall–Kier alpha value is -3.81. The molecule has 2 aromatic carbocycles. The Morgan fingerprint density at radius 2 is 1.88 bits per heavy atom. The third kappa shape index (κ3) is 3.79. The number of fused-ring (bicyclic) bond motifs is 3. The van der Waals surface area contributed by atoms with Gasteiger partial charge in [0.25, 0.3) is 0 Å². The molecule has 0 radical (unpaired) electrons. The van der Waals surface area contributed by atoms with Crippen LogP contribution in [-0.2, 0) is 0 Å². The van der Waals surface area contributed by atoms with Crippen LogP contribution in [0, 0.1) is 5.82 Å². The van der Waals surface area contributed by atoms with Crippen LogP contribution in [0.3, 0.4) is 0 Å². The molecule has 32 heavy (non-hydrogen) atoms. The van der Waals surface area contributed by atoms with E-state index in [1.807, 2.05) is 51.9 Å². The number of benzene rings is 2. The molecule has 2 amide bonds. The van der Waals surface area contributed by atoms with Crippen molar-refractivity contribution in [3.05, 3.63) is 66.6 Å². The maximum absolute atomic E-state index is 13.8. The first-order valence-corrected chi connectivity index (χ1v) is 10.6. The number of anilines is 2. The van der Waals surface area contributed by atoms with Crippen LogP contribution in [0.5, 0.6) is 5.75 Å². The van der Waals surface area contributed by atoms with Crippen LogP contribution in [0.4, 0.5) is 20.7 Å². The van der Waals surface area contributed by atoms with Crippen molar-refractivity contribution in [1.29, 1.82) is 0 Å². The van der Waals surface area contributed by atoms with E-state index in [0.29, 0.717) is 25.2 Å². The topological polar surface area (TPSA) is 62.1 Å². The Bertz CT molecular complexity index is 1270. The van der Waals surface area contributed by atoms with E-state index < -0.39 is 0 Å². The highest BCUT2D eigenvalue weighted by Gasteiger charge is 2.22. The number of nitrogens with one attached hydrogen (secondary N) is 1. The van der Waals surface area contributed by atoms with E-state index in [4.69, 9.17) is 9.72 Å². The number of halogens is 1. The number of amides is 2. The summed E-state index contributed by atoms with van der Waals surface area (Å²) in [5.74, 6) is 1.25. The fraction of sp³-hybridized carbons (Fsp3) is 0.250. The fourth-order valence-electron chi connectivity index (χ4n) is 4.18. The number of carbonyl (C=O) groups is 1. The predicted molar refractivity (Wildman–Crippen MR) is 123 cm³/mol. The number of aromatic nitrogens is 2. The number of carbonyl (C=O) groups excluding carboxylic acids is 1. The van der Waals surface area contributed by atoms with Gasteiger partial charge in [-0.25, -0.2) is 14.2 Å². The first kappa shape index (κ1) is 20.1. The lowest BCUT2D eigenvalue weighted by Crippen LogP contribution is -2.38. The van der Waals surface area contributed by atoms with Crippen LogP contribution in [-0.4, -0.2) is 53.6 Å². The van der Waals surface area contributed by atoms with E-state index in [0.717, 1.165) is 41.3 Å². The monoisotopic (exact) mass is 433 g/mol. The second-order valence-electron chi connectivity index (χ2n) is 7.82. The molecule has 164 valence electrons. The Labute approximate surface area is 185 Å². The van der Waals surface area contributed by atoms with Crippen molar-refractivity contribution in [2.75, 3.05) is 43.5 Å². The first-order chi connectivity index (χ1) is 15.6. The molecule has 7 nitrogen and oxygen atoms in total. The largest absolute Gasteiger partial charge is 0.497 e. The maximum atomic E-state index is 13.8. The van der Waals surface area contributed by atoms with Gasteiger partial charge in [-0.3, -0.25) is 0 Å². The van der Waals surface area contributed by atoms with E-state index in [-0.39, 0.29) is 11.8 Å². The normalized spacial score (nSPS) is 14.6. The van der Waals surface area contributed by atoms with Gasteiger partial charge < -0.3 is 24.3 Å². The lowest BCUT2D eigenvalue weighted by Gasteiger charge is -2.24. The van der Waals surface area contributed by atoms with Gasteiger partial charge in [0.05, 0.1) is 23.7 Å². The van der Waals surface area contributed by atoms with Crippen molar-refractivity contribution >= 4 is 34.1 Å². The molecule has 0 atom stereocenters. The minimum absolute atomic E-state index is 0.126. The van der Waals surface area contributed by atoms with Crippen LogP contribution in [0.15, 0.2) is 60.8 Å². The van der Waals surface area contributed by atoms with Crippen molar-refractivity contribution in [1.82, 2.24) is 14.3 Å². The average Bonchev–Trinajstić information content (AvgIpc) is 3.16. The van der Waals surface area contributed by atoms with Crippen LogP contribution in [0.2, 0.25) is 0 Å². The van der Waals surface area contributed by atoms with Crippen LogP contribution in [0.1, 0.15) is 6.42 Å². The van der Waals surface area contributed by atoms with Gasteiger partial charge in [-0.2, -0.15) is 0 Å². The molecule has 1 saturated heterocycles. The third-order valence-corrected chi connectivity index (χ3v) is 5.83. The van der Waals surface area contributed by atoms with E-state index in [1.54, 1.807) is 13.2 Å². The zero-order chi connectivity index (χ0) is 22.1. The molecule has 2 aromatic heterocycles. The van der Waals surface area contributed by atoms with Crippen molar-refractivity contribution in [3.63, 3.8) is 0 Å². The number of rotatable bonds is 3. The molecular formula is C24H24FN5O2. The predicted octanol–water partition coefficient (Wildman–Crippen LogP) is 4.38. The lowest BCUT2D eigenvalue weighted by atomic mass is 10.2. The molecule has 4 aromatic rings. The van der Waals surface area contributed by atoms with Gasteiger partial charge in [-0.05, 0) is 55.0 Å². The Balaban J connectivity index is 1.35. The van der Waals surface area contributed by atoms with Crippen molar-refractivity contribution in [3.8, 4) is 5.75 Å². The lowest BCUT2D eigenvalue weighted by molar-refractivity contribution is 0.215. The fourth-order valence-corrected chi connectivity index (χ4v) is 4.18. The Kier molecular flexibility index (Phi) is 5.26. The molecule has 0 bridgehead atoms. The van der Waals surface area contributed by atoms with Gasteiger partial charge >= 0.3 is 6.03 Å². The Morgan fingerprint density at radius 3 is 2.69 bits per heavy atom. The number of ether oxygens (including phenoxy) is 1. The summed E-state index contributed by atoms with van der Waals surface area (Å²) < 4.78 is 21.0. The number of methoxy groups -OCH3 is 1. The second-order valence-corrected chi connectivity index (χ2v) is 7.82. The summed E-state index contributed by atoms with van der Waals surface area (Å²) in [6.07, 6.45) is 2.78. The Morgan fingerprint density at radius 1 is 1.03 bits per heavy atom. The molecular weight excluding hydrogens is 409 g/mol. The van der Waals surface area contributed by atoms with Crippen molar-refractivity contribution in [2.45, 2.75) is 6.42 Å². The molecule has 1 fully saturated rings. The van der Waals surface area contributed by atoms with Crippen LogP contribution < -0.4 is 15.0 Å². The molecule has 0 unspecified atom stereocenters. The van der Waals surface area contributed by atoms with E-state index in [2.05, 4.69) is 10.2 Å². The summed E-state index contributed by atoms with van der Waals surface area (Å²) >= 11 is 0. The highest BCUT2D eigenvalue weighted by molar-refractivity contribution is 5.89. The molecule has 1 N–H and O–H groups in total. The summed E-state index contributed by atoms with van der Waals surface area (Å²) in [5.41, 5.74) is 3.18. The molecule has 0 spiro atoms. The molecule has 0 aliphatic carbocycles. The third-order valence-electron chi connectivity index (χ3n) is 5.83. The number of hydrogen-bond donors (Lipinski definition) is 1. The minimum Gasteiger partial charge on any atom is -0.497 e. The second kappa shape index (κ2) is 8.37. The van der Waals surface area contributed by atoms with Gasteiger partial charge in [0.2, 0.25) is 0 Å². The highest BCUT2D eigenvalue weighted by atomic mass is 19.1. The zero-order valence-electron chi connectivity index (χ0n) is 17.8. The number of nitrogens with zero attached hydrogens (tertiary/aromatic N) is 4. The molecule has 1 aliphatic rings. The summed E-state index contributed by atoms with van der Waals surface area (Å²) in [4.78, 5) is 21.6. The molecule has 3 heterocycles. The van der Waals surface area contributed by atoms with Gasteiger partial charge in [-0.1, -0.05) is 0 Å². The summed E-state index contributed by atoms with van der Waals surface area (Å²) in [6.45, 7) is 2.63. The average molecular weight is 433 g/mol. The summed E-state index contributed by atoms with van der Waals surface area (Å²) in [5, 5.41) is 2.95. The molecule has 5 rings (SSSR count). The van der Waals surface area contributed by atoms with Gasteiger partial charge in [0, 0.05) is 44.1 Å². The van der Waals surface area contributed by atoms with Crippen LogP contribution in [0.25, 0.3) is 16.6 Å². The number of urea groups is 1. The maximum Gasteiger partial charge on any atom is 0.321 e. The van der Waals surface area contributed by atoms with Gasteiger partial charge in [-0.15, -0.1) is 0 Å². The molecule has 0 saturated carbocycles. The molecule has 8 heteroatoms. The van der Waals surface area contributed by atoms with E-state index in [1.165, 1.54) is 12.1 Å². The van der Waals surface area contributed by atoms with Crippen molar-refractivity contribution in [2.24, 2.45) is 0 Å². The SMILES string of the molecule is COc1ccc(NC(=O)N2CCCN(c3nc4cc(F)ccc4n4cccc34)CC2)cc1. The quantitative estimate of drug-likeness (QED) is 0.521. The first-order valence-electron chi connectivity index (χ1n) is 10.6.